The van der Waals surface area contributed by atoms with Crippen molar-refractivity contribution in [1.82, 2.24) is 5.32 Å². The molecule has 6 heteroatoms. The number of benzene rings is 1. The monoisotopic (exact) mass is 288 g/mol. The molecule has 4 nitrogen and oxygen atoms in total. The number of nitrogens with zero attached hydrogens (tertiary/aromatic N) is 1. The second kappa shape index (κ2) is 6.61. The van der Waals surface area contributed by atoms with E-state index in [4.69, 9.17) is 23.2 Å². The molecule has 0 aliphatic rings. The van der Waals surface area contributed by atoms with Crippen LogP contribution in [0, 0.1) is 6.92 Å². The highest BCUT2D eigenvalue weighted by molar-refractivity contribution is 6.39. The predicted molar refractivity (Wildman–Crippen MR) is 73.3 cm³/mol. The van der Waals surface area contributed by atoms with Crippen LogP contribution in [0.3, 0.4) is 0 Å². The van der Waals surface area contributed by atoms with Gasteiger partial charge in [-0.15, -0.1) is 0 Å². The Labute approximate surface area is 116 Å². The summed E-state index contributed by atoms with van der Waals surface area (Å²) in [5.74, 6) is -0.337. The molecule has 1 aromatic carbocycles. The first-order valence-corrected chi connectivity index (χ1v) is 6.11. The van der Waals surface area contributed by atoms with Crippen molar-refractivity contribution in [2.45, 2.75) is 13.3 Å². The summed E-state index contributed by atoms with van der Waals surface area (Å²) in [6.07, 6.45) is 0.559. The first kappa shape index (κ1) is 14.8. The maximum Gasteiger partial charge on any atom is 0.228 e. The van der Waals surface area contributed by atoms with Crippen LogP contribution in [-0.4, -0.2) is 25.9 Å². The van der Waals surface area contributed by atoms with E-state index < -0.39 is 0 Å². The van der Waals surface area contributed by atoms with Crippen molar-refractivity contribution in [3.8, 4) is 0 Å². The molecular formula is C12H14Cl2N2O2. The number of carbonyl (C=O) groups excluding carboxylic acids is 2. The van der Waals surface area contributed by atoms with E-state index in [0.717, 1.165) is 5.56 Å². The number of anilines is 1. The summed E-state index contributed by atoms with van der Waals surface area (Å²) in [5.41, 5.74) is 1.66. The van der Waals surface area contributed by atoms with Crippen molar-refractivity contribution < 1.29 is 9.59 Å². The fraction of sp³-hybridized carbons (Fsp3) is 0.333. The lowest BCUT2D eigenvalue weighted by Gasteiger charge is -2.21. The number of imide groups is 1. The molecule has 18 heavy (non-hydrogen) atoms. The van der Waals surface area contributed by atoms with E-state index in [1.165, 1.54) is 0 Å². The Morgan fingerprint density at radius 3 is 2.44 bits per heavy atom. The Bertz CT molecular complexity index is 440. The fourth-order valence-electron chi connectivity index (χ4n) is 1.58. The number of amides is 2. The Hall–Kier alpha value is -1.26. The maximum atomic E-state index is 11.2. The third-order valence-electron chi connectivity index (χ3n) is 2.44. The number of hydrogen-bond acceptors (Lipinski definition) is 3. The van der Waals surface area contributed by atoms with Gasteiger partial charge in [-0.2, -0.15) is 0 Å². The first-order valence-electron chi connectivity index (χ1n) is 5.35. The molecule has 2 amide bonds. The van der Waals surface area contributed by atoms with Crippen molar-refractivity contribution >= 4 is 41.2 Å². The molecule has 0 aromatic heterocycles. The second-order valence-electron chi connectivity index (χ2n) is 3.93. The van der Waals surface area contributed by atoms with Crippen LogP contribution in [0.5, 0.6) is 0 Å². The van der Waals surface area contributed by atoms with Crippen LogP contribution < -0.4 is 10.2 Å². The molecule has 0 spiro atoms. The lowest BCUT2D eigenvalue weighted by Crippen LogP contribution is -2.28. The molecule has 0 unspecified atom stereocenters. The molecule has 0 aliphatic carbocycles. The average molecular weight is 289 g/mol. The van der Waals surface area contributed by atoms with Crippen molar-refractivity contribution in [2.24, 2.45) is 0 Å². The Kier molecular flexibility index (Phi) is 5.44. The van der Waals surface area contributed by atoms with Gasteiger partial charge in [-0.1, -0.05) is 23.2 Å². The molecule has 0 aliphatic heterocycles. The Morgan fingerprint density at radius 1 is 1.39 bits per heavy atom. The van der Waals surface area contributed by atoms with E-state index in [2.05, 4.69) is 5.32 Å². The van der Waals surface area contributed by atoms with Gasteiger partial charge < -0.3 is 4.90 Å². The van der Waals surface area contributed by atoms with Gasteiger partial charge in [0.05, 0.1) is 15.7 Å². The summed E-state index contributed by atoms with van der Waals surface area (Å²) in [7, 11) is 1.79. The van der Waals surface area contributed by atoms with Gasteiger partial charge in [0, 0.05) is 20.0 Å². The number of hydrogen-bond donors (Lipinski definition) is 1. The van der Waals surface area contributed by atoms with Gasteiger partial charge in [0.15, 0.2) is 0 Å². The lowest BCUT2D eigenvalue weighted by molar-refractivity contribution is -0.125. The third-order valence-corrected chi connectivity index (χ3v) is 3.01. The van der Waals surface area contributed by atoms with Crippen LogP contribution in [0.1, 0.15) is 12.0 Å². The molecule has 0 heterocycles. The summed E-state index contributed by atoms with van der Waals surface area (Å²) < 4.78 is 0. The number of halogens is 2. The van der Waals surface area contributed by atoms with Crippen LogP contribution in [0.25, 0.3) is 0 Å². The second-order valence-corrected chi connectivity index (χ2v) is 4.75. The van der Waals surface area contributed by atoms with Crippen molar-refractivity contribution in [3.05, 3.63) is 27.7 Å². The zero-order chi connectivity index (χ0) is 13.7. The van der Waals surface area contributed by atoms with Crippen molar-refractivity contribution in [1.29, 1.82) is 0 Å². The van der Waals surface area contributed by atoms with Gasteiger partial charge in [-0.3, -0.25) is 14.9 Å². The van der Waals surface area contributed by atoms with Gasteiger partial charge in [0.25, 0.3) is 0 Å². The molecule has 98 valence electrons. The van der Waals surface area contributed by atoms with Gasteiger partial charge in [0.2, 0.25) is 12.3 Å². The number of nitrogens with one attached hydrogen (secondary N) is 1. The van der Waals surface area contributed by atoms with Gasteiger partial charge in [0.1, 0.15) is 0 Å². The van der Waals surface area contributed by atoms with E-state index in [-0.39, 0.29) is 12.3 Å². The lowest BCUT2D eigenvalue weighted by atomic mass is 10.2. The van der Waals surface area contributed by atoms with Crippen LogP contribution in [0.15, 0.2) is 12.1 Å². The zero-order valence-electron chi connectivity index (χ0n) is 10.2. The molecule has 0 fully saturated rings. The maximum absolute atomic E-state index is 11.2. The SMILES string of the molecule is Cc1cc(Cl)c(N(C)CCC(=O)NC=O)c(Cl)c1. The summed E-state index contributed by atoms with van der Waals surface area (Å²) >= 11 is 12.2. The molecule has 0 saturated carbocycles. The fourth-order valence-corrected chi connectivity index (χ4v) is 2.46. The summed E-state index contributed by atoms with van der Waals surface area (Å²) in [6.45, 7) is 2.32. The van der Waals surface area contributed by atoms with Crippen molar-refractivity contribution in [3.63, 3.8) is 0 Å². The van der Waals surface area contributed by atoms with Crippen LogP contribution >= 0.6 is 23.2 Å². The minimum atomic E-state index is -0.337. The highest BCUT2D eigenvalue weighted by atomic mass is 35.5. The topological polar surface area (TPSA) is 49.4 Å². The molecular weight excluding hydrogens is 275 g/mol. The first-order chi connectivity index (χ1) is 8.45. The van der Waals surface area contributed by atoms with Gasteiger partial charge in [-0.05, 0) is 24.6 Å². The van der Waals surface area contributed by atoms with Crippen molar-refractivity contribution in [2.75, 3.05) is 18.5 Å². The Balaban J connectivity index is 2.75. The largest absolute Gasteiger partial charge is 0.372 e. The third kappa shape index (κ3) is 3.89. The molecule has 0 atom stereocenters. The minimum absolute atomic E-state index is 0.190. The summed E-state index contributed by atoms with van der Waals surface area (Å²) in [5, 5.41) is 3.16. The highest BCUT2D eigenvalue weighted by Crippen LogP contribution is 2.34. The summed E-state index contributed by atoms with van der Waals surface area (Å²) in [4.78, 5) is 23.0. The van der Waals surface area contributed by atoms with Crippen LogP contribution in [0.2, 0.25) is 10.0 Å². The van der Waals surface area contributed by atoms with E-state index in [0.29, 0.717) is 28.7 Å². The van der Waals surface area contributed by atoms with E-state index >= 15 is 0 Å². The van der Waals surface area contributed by atoms with E-state index in [1.54, 1.807) is 11.9 Å². The average Bonchev–Trinajstić information content (AvgIpc) is 2.25. The summed E-state index contributed by atoms with van der Waals surface area (Å²) in [6, 6.07) is 3.62. The zero-order valence-corrected chi connectivity index (χ0v) is 11.7. The predicted octanol–water partition coefficient (Wildman–Crippen LogP) is 2.40. The number of aryl methyl sites for hydroxylation is 1. The molecule has 1 aromatic rings. The standard InChI is InChI=1S/C12H14Cl2N2O2/c1-8-5-9(13)12(10(14)6-8)16(2)4-3-11(18)15-7-17/h5-7H,3-4H2,1-2H3,(H,15,17,18). The highest BCUT2D eigenvalue weighted by Gasteiger charge is 2.12. The van der Waals surface area contributed by atoms with Crippen LogP contribution in [0.4, 0.5) is 5.69 Å². The molecule has 0 bridgehead atoms. The van der Waals surface area contributed by atoms with Gasteiger partial charge in [-0.25, -0.2) is 0 Å². The molecule has 1 N–H and O–H groups in total. The number of rotatable bonds is 5. The molecule has 1 rings (SSSR count). The van der Waals surface area contributed by atoms with E-state index in [1.807, 2.05) is 19.1 Å². The molecule has 0 saturated heterocycles. The quantitative estimate of drug-likeness (QED) is 0.847. The van der Waals surface area contributed by atoms with Crippen LogP contribution in [-0.2, 0) is 9.59 Å². The Morgan fingerprint density at radius 2 is 1.94 bits per heavy atom. The number of carbonyl (C=O) groups is 2. The normalized spacial score (nSPS) is 10.0. The van der Waals surface area contributed by atoms with E-state index in [9.17, 15) is 9.59 Å². The smallest absolute Gasteiger partial charge is 0.228 e. The van der Waals surface area contributed by atoms with Gasteiger partial charge >= 0.3 is 0 Å². The minimum Gasteiger partial charge on any atom is -0.372 e. The molecule has 0 radical (unpaired) electrons.